The number of hydrogen-bond acceptors (Lipinski definition) is 2. The second-order valence-corrected chi connectivity index (χ2v) is 5.84. The molecule has 0 heterocycles. The molecule has 1 unspecified atom stereocenters. The summed E-state index contributed by atoms with van der Waals surface area (Å²) in [5, 5.41) is 0. The van der Waals surface area contributed by atoms with Crippen LogP contribution in [0.5, 0.6) is 0 Å². The summed E-state index contributed by atoms with van der Waals surface area (Å²) in [6.07, 6.45) is 0. The van der Waals surface area contributed by atoms with Crippen LogP contribution in [-0.2, 0) is 4.79 Å². The number of hydrogen-bond donors (Lipinski definition) is 1. The van der Waals surface area contributed by atoms with E-state index in [-0.39, 0.29) is 16.8 Å². The number of aryl methyl sites for hydroxylation is 2. The lowest BCUT2D eigenvalue weighted by Gasteiger charge is -2.26. The van der Waals surface area contributed by atoms with Crippen molar-refractivity contribution >= 4 is 28.8 Å². The van der Waals surface area contributed by atoms with Gasteiger partial charge in [0, 0.05) is 12.7 Å². The van der Waals surface area contributed by atoms with Crippen molar-refractivity contribution in [3.05, 3.63) is 29.3 Å². The number of carbonyl (C=O) groups excluding carboxylic acids is 1. The average molecular weight is 278 g/mol. The van der Waals surface area contributed by atoms with Gasteiger partial charge < -0.3 is 10.6 Å². The fraction of sp³-hybridized carbons (Fsp3) is 0.467. The predicted molar refractivity (Wildman–Crippen MR) is 84.4 cm³/mol. The van der Waals surface area contributed by atoms with Crippen molar-refractivity contribution in [3.8, 4) is 0 Å². The highest BCUT2D eigenvalue weighted by atomic mass is 32.1. The Morgan fingerprint density at radius 2 is 1.68 bits per heavy atom. The molecule has 0 radical (unpaired) electrons. The molecule has 0 bridgehead atoms. The minimum Gasteiger partial charge on any atom is -0.393 e. The topological polar surface area (TPSA) is 46.3 Å². The van der Waals surface area contributed by atoms with E-state index in [2.05, 4.69) is 6.07 Å². The third kappa shape index (κ3) is 3.77. The summed E-state index contributed by atoms with van der Waals surface area (Å²) >= 11 is 5.02. The normalized spacial score (nSPS) is 12.3. The Hall–Kier alpha value is -1.42. The standard InChI is InChI=1S/C15H22N2OS/c1-9(2)13(14(16)19)15(18)17(5)12-7-10(3)6-11(4)8-12/h6-9,13H,1-5H3,(H2,16,19). The minimum atomic E-state index is -0.416. The molecule has 104 valence electrons. The molecule has 1 rings (SSSR count). The second kappa shape index (κ2) is 6.15. The van der Waals surface area contributed by atoms with E-state index in [0.717, 1.165) is 16.8 Å². The third-order valence-corrected chi connectivity index (χ3v) is 3.42. The van der Waals surface area contributed by atoms with E-state index in [4.69, 9.17) is 18.0 Å². The summed E-state index contributed by atoms with van der Waals surface area (Å²) < 4.78 is 0. The lowest BCUT2D eigenvalue weighted by Crippen LogP contribution is -2.42. The summed E-state index contributed by atoms with van der Waals surface area (Å²) in [6.45, 7) is 7.94. The van der Waals surface area contributed by atoms with Crippen LogP contribution in [0.3, 0.4) is 0 Å². The molecule has 0 saturated carbocycles. The summed E-state index contributed by atoms with van der Waals surface area (Å²) in [5.41, 5.74) is 8.84. The van der Waals surface area contributed by atoms with E-state index in [0.29, 0.717) is 0 Å². The molecule has 0 aliphatic heterocycles. The van der Waals surface area contributed by atoms with Crippen LogP contribution in [-0.4, -0.2) is 17.9 Å². The highest BCUT2D eigenvalue weighted by Crippen LogP contribution is 2.22. The van der Waals surface area contributed by atoms with Gasteiger partial charge in [-0.1, -0.05) is 32.1 Å². The molecule has 4 heteroatoms. The number of rotatable bonds is 4. The van der Waals surface area contributed by atoms with E-state index < -0.39 is 5.92 Å². The quantitative estimate of drug-likeness (QED) is 0.861. The lowest BCUT2D eigenvalue weighted by atomic mass is 9.94. The van der Waals surface area contributed by atoms with E-state index in [1.807, 2.05) is 39.8 Å². The SMILES string of the molecule is Cc1cc(C)cc(N(C)C(=O)C(C(N)=S)C(C)C)c1. The van der Waals surface area contributed by atoms with E-state index >= 15 is 0 Å². The Morgan fingerprint density at radius 1 is 1.21 bits per heavy atom. The van der Waals surface area contributed by atoms with Gasteiger partial charge in [-0.25, -0.2) is 0 Å². The Morgan fingerprint density at radius 3 is 2.05 bits per heavy atom. The zero-order valence-electron chi connectivity index (χ0n) is 12.2. The molecule has 0 fully saturated rings. The van der Waals surface area contributed by atoms with E-state index in [1.165, 1.54) is 0 Å². The fourth-order valence-corrected chi connectivity index (χ4v) is 2.59. The number of amides is 1. The van der Waals surface area contributed by atoms with Crippen LogP contribution in [0.1, 0.15) is 25.0 Å². The van der Waals surface area contributed by atoms with Crippen molar-refractivity contribution in [3.63, 3.8) is 0 Å². The van der Waals surface area contributed by atoms with Crippen LogP contribution in [0.25, 0.3) is 0 Å². The van der Waals surface area contributed by atoms with E-state index in [1.54, 1.807) is 11.9 Å². The number of benzene rings is 1. The first-order chi connectivity index (χ1) is 8.73. The van der Waals surface area contributed by atoms with Gasteiger partial charge in [-0.2, -0.15) is 0 Å². The van der Waals surface area contributed by atoms with Gasteiger partial charge in [0.15, 0.2) is 0 Å². The van der Waals surface area contributed by atoms with Crippen LogP contribution in [0.4, 0.5) is 5.69 Å². The van der Waals surface area contributed by atoms with Crippen molar-refractivity contribution in [2.45, 2.75) is 27.7 Å². The summed E-state index contributed by atoms with van der Waals surface area (Å²) in [7, 11) is 1.77. The van der Waals surface area contributed by atoms with Crippen molar-refractivity contribution in [1.82, 2.24) is 0 Å². The maximum absolute atomic E-state index is 12.5. The Labute approximate surface area is 120 Å². The molecule has 19 heavy (non-hydrogen) atoms. The first-order valence-corrected chi connectivity index (χ1v) is 6.80. The van der Waals surface area contributed by atoms with Gasteiger partial charge in [-0.05, 0) is 43.0 Å². The summed E-state index contributed by atoms with van der Waals surface area (Å²) in [5.74, 6) is -0.369. The van der Waals surface area contributed by atoms with Crippen LogP contribution < -0.4 is 10.6 Å². The molecule has 0 aliphatic carbocycles. The monoisotopic (exact) mass is 278 g/mol. The molecule has 1 aromatic rings. The number of nitrogens with two attached hydrogens (primary N) is 1. The number of carbonyl (C=O) groups is 1. The smallest absolute Gasteiger partial charge is 0.236 e. The molecular weight excluding hydrogens is 256 g/mol. The van der Waals surface area contributed by atoms with Crippen LogP contribution >= 0.6 is 12.2 Å². The van der Waals surface area contributed by atoms with Crippen molar-refractivity contribution in [2.75, 3.05) is 11.9 Å². The zero-order valence-corrected chi connectivity index (χ0v) is 13.0. The van der Waals surface area contributed by atoms with E-state index in [9.17, 15) is 4.79 Å². The number of thiocarbonyl (C=S) groups is 1. The largest absolute Gasteiger partial charge is 0.393 e. The van der Waals surface area contributed by atoms with Gasteiger partial charge in [0.1, 0.15) is 0 Å². The zero-order chi connectivity index (χ0) is 14.7. The van der Waals surface area contributed by atoms with Crippen molar-refractivity contribution in [1.29, 1.82) is 0 Å². The molecule has 1 atom stereocenters. The highest BCUT2D eigenvalue weighted by molar-refractivity contribution is 7.80. The third-order valence-electron chi connectivity index (χ3n) is 3.16. The molecule has 0 spiro atoms. The number of anilines is 1. The minimum absolute atomic E-state index is 0.0486. The van der Waals surface area contributed by atoms with Crippen molar-refractivity contribution < 1.29 is 4.79 Å². The van der Waals surface area contributed by atoms with Gasteiger partial charge >= 0.3 is 0 Å². The van der Waals surface area contributed by atoms with Crippen LogP contribution in [0.2, 0.25) is 0 Å². The van der Waals surface area contributed by atoms with Crippen LogP contribution in [0, 0.1) is 25.7 Å². The molecule has 0 aliphatic rings. The summed E-state index contributed by atoms with van der Waals surface area (Å²) in [6, 6.07) is 6.05. The van der Waals surface area contributed by atoms with Gasteiger partial charge in [0.2, 0.25) is 5.91 Å². The number of nitrogens with zero attached hydrogens (tertiary/aromatic N) is 1. The molecule has 1 amide bonds. The molecule has 2 N–H and O–H groups in total. The van der Waals surface area contributed by atoms with Crippen LogP contribution in [0.15, 0.2) is 18.2 Å². The fourth-order valence-electron chi connectivity index (χ4n) is 2.22. The Balaban J connectivity index is 3.07. The molecule has 3 nitrogen and oxygen atoms in total. The Bertz CT molecular complexity index is 477. The average Bonchev–Trinajstić information content (AvgIpc) is 2.25. The predicted octanol–water partition coefficient (Wildman–Crippen LogP) is 2.82. The first kappa shape index (κ1) is 15.6. The van der Waals surface area contributed by atoms with Gasteiger partial charge in [-0.3, -0.25) is 4.79 Å². The second-order valence-electron chi connectivity index (χ2n) is 5.37. The summed E-state index contributed by atoms with van der Waals surface area (Å²) in [4.78, 5) is 14.4. The highest BCUT2D eigenvalue weighted by Gasteiger charge is 2.28. The van der Waals surface area contributed by atoms with Gasteiger partial charge in [0.05, 0.1) is 10.9 Å². The maximum Gasteiger partial charge on any atom is 0.236 e. The van der Waals surface area contributed by atoms with Crippen molar-refractivity contribution in [2.24, 2.45) is 17.6 Å². The van der Waals surface area contributed by atoms with Gasteiger partial charge in [0.25, 0.3) is 0 Å². The Kier molecular flexibility index (Phi) is 5.06. The molecule has 0 saturated heterocycles. The lowest BCUT2D eigenvalue weighted by molar-refractivity contribution is -0.121. The maximum atomic E-state index is 12.5. The molecular formula is C15H22N2OS. The van der Waals surface area contributed by atoms with Gasteiger partial charge in [-0.15, -0.1) is 0 Å². The first-order valence-electron chi connectivity index (χ1n) is 6.39. The molecule has 0 aromatic heterocycles. The molecule has 1 aromatic carbocycles.